The number of thiophene rings is 1. The van der Waals surface area contributed by atoms with Crippen molar-refractivity contribution in [3.63, 3.8) is 0 Å². The van der Waals surface area contributed by atoms with E-state index in [4.69, 9.17) is 10.5 Å². The summed E-state index contributed by atoms with van der Waals surface area (Å²) in [4.78, 5) is 26.1. The van der Waals surface area contributed by atoms with Gasteiger partial charge in [-0.1, -0.05) is 36.4 Å². The smallest absolute Gasteiger partial charge is 0.251 e. The first-order valence-electron chi connectivity index (χ1n) is 8.53. The molecule has 0 aliphatic carbocycles. The highest BCUT2D eigenvalue weighted by Crippen LogP contribution is 2.44. The number of ether oxygens (including phenoxy) is 1. The second kappa shape index (κ2) is 6.55. The normalized spacial score (nSPS) is 12.7. The van der Waals surface area contributed by atoms with Gasteiger partial charge in [0.1, 0.15) is 16.5 Å². The second-order valence-electron chi connectivity index (χ2n) is 6.45. The second-order valence-corrected chi connectivity index (χ2v) is 7.68. The number of nitrogens with one attached hydrogen (secondary N) is 1. The van der Waals surface area contributed by atoms with Crippen LogP contribution in [0.2, 0.25) is 0 Å². The van der Waals surface area contributed by atoms with E-state index in [1.54, 1.807) is 0 Å². The van der Waals surface area contributed by atoms with E-state index in [-0.39, 0.29) is 5.91 Å². The first-order valence-corrected chi connectivity index (χ1v) is 9.35. The van der Waals surface area contributed by atoms with Gasteiger partial charge < -0.3 is 15.8 Å². The number of para-hydroxylation sites is 2. The van der Waals surface area contributed by atoms with Crippen LogP contribution in [0.5, 0.6) is 11.5 Å². The van der Waals surface area contributed by atoms with E-state index in [0.29, 0.717) is 22.1 Å². The van der Waals surface area contributed by atoms with Crippen molar-refractivity contribution in [2.75, 3.05) is 5.32 Å². The fraction of sp³-hybridized carbons (Fsp3) is 0.143. The first-order chi connectivity index (χ1) is 13.0. The minimum Gasteiger partial charge on any atom is -0.457 e. The number of nitrogens with two attached hydrogens (primary N) is 1. The highest BCUT2D eigenvalue weighted by Gasteiger charge is 2.33. The molecule has 4 rings (SSSR count). The average molecular weight is 378 g/mol. The Morgan fingerprint density at radius 3 is 2.11 bits per heavy atom. The standard InChI is InChI=1S/C21H18N2O3S/c1-11-12(2)27-21(17(11)19(22)24)23-20(25)18-13-7-3-5-9-15(13)26-16-10-6-4-8-14(16)18/h3-10,18H,1-2H3,(H2,22,24)(H,23,25). The van der Waals surface area contributed by atoms with Crippen LogP contribution >= 0.6 is 11.3 Å². The topological polar surface area (TPSA) is 81.4 Å². The number of hydrogen-bond acceptors (Lipinski definition) is 4. The largest absolute Gasteiger partial charge is 0.457 e. The maximum Gasteiger partial charge on any atom is 0.251 e. The molecule has 2 amide bonds. The molecule has 0 saturated heterocycles. The van der Waals surface area contributed by atoms with Crippen LogP contribution in [0.15, 0.2) is 48.5 Å². The molecule has 136 valence electrons. The fourth-order valence-electron chi connectivity index (χ4n) is 3.39. The molecule has 5 nitrogen and oxygen atoms in total. The van der Waals surface area contributed by atoms with Crippen LogP contribution < -0.4 is 15.8 Å². The zero-order chi connectivity index (χ0) is 19.1. The van der Waals surface area contributed by atoms with E-state index in [1.807, 2.05) is 62.4 Å². The Hall–Kier alpha value is -3.12. The van der Waals surface area contributed by atoms with Crippen molar-refractivity contribution in [1.29, 1.82) is 0 Å². The van der Waals surface area contributed by atoms with E-state index >= 15 is 0 Å². The molecule has 27 heavy (non-hydrogen) atoms. The molecule has 0 radical (unpaired) electrons. The molecular formula is C21H18N2O3S. The maximum atomic E-state index is 13.3. The zero-order valence-electron chi connectivity index (χ0n) is 14.9. The number of primary amides is 1. The van der Waals surface area contributed by atoms with Crippen molar-refractivity contribution in [2.45, 2.75) is 19.8 Å². The van der Waals surface area contributed by atoms with Crippen LogP contribution in [0.4, 0.5) is 5.00 Å². The van der Waals surface area contributed by atoms with Crippen molar-refractivity contribution >= 4 is 28.2 Å². The molecule has 3 aromatic rings. The van der Waals surface area contributed by atoms with Crippen LogP contribution in [-0.4, -0.2) is 11.8 Å². The van der Waals surface area contributed by atoms with E-state index in [1.165, 1.54) is 11.3 Å². The van der Waals surface area contributed by atoms with E-state index in [9.17, 15) is 9.59 Å². The third-order valence-electron chi connectivity index (χ3n) is 4.81. The SMILES string of the molecule is Cc1sc(NC(=O)C2c3ccccc3Oc3ccccc32)c(C(N)=O)c1C. The van der Waals surface area contributed by atoms with E-state index in [0.717, 1.165) is 21.6 Å². The molecule has 0 spiro atoms. The number of carbonyl (C=O) groups is 2. The number of hydrogen-bond donors (Lipinski definition) is 2. The summed E-state index contributed by atoms with van der Waals surface area (Å²) in [6.45, 7) is 3.74. The van der Waals surface area contributed by atoms with Crippen LogP contribution in [0, 0.1) is 13.8 Å². The Labute approximate surface area is 160 Å². The summed E-state index contributed by atoms with van der Waals surface area (Å²) in [6, 6.07) is 15.0. The molecule has 2 aromatic carbocycles. The number of carbonyl (C=O) groups excluding carboxylic acids is 2. The lowest BCUT2D eigenvalue weighted by molar-refractivity contribution is -0.116. The molecular weight excluding hydrogens is 360 g/mol. The number of fused-ring (bicyclic) bond motifs is 2. The summed E-state index contributed by atoms with van der Waals surface area (Å²) >= 11 is 1.36. The number of aryl methyl sites for hydroxylation is 1. The van der Waals surface area contributed by atoms with Gasteiger partial charge in [0.05, 0.1) is 11.5 Å². The quantitative estimate of drug-likeness (QED) is 0.711. The Balaban J connectivity index is 1.77. The highest BCUT2D eigenvalue weighted by molar-refractivity contribution is 7.16. The summed E-state index contributed by atoms with van der Waals surface area (Å²) in [5.74, 6) is 0.0199. The highest BCUT2D eigenvalue weighted by atomic mass is 32.1. The van der Waals surface area contributed by atoms with Gasteiger partial charge in [-0.3, -0.25) is 9.59 Å². The van der Waals surface area contributed by atoms with E-state index < -0.39 is 11.8 Å². The van der Waals surface area contributed by atoms with Crippen LogP contribution in [0.25, 0.3) is 0 Å². The van der Waals surface area contributed by atoms with Gasteiger partial charge in [-0.2, -0.15) is 0 Å². The van der Waals surface area contributed by atoms with Crippen LogP contribution in [0.1, 0.15) is 37.8 Å². The molecule has 0 bridgehead atoms. The molecule has 1 aliphatic rings. The lowest BCUT2D eigenvalue weighted by atomic mass is 9.87. The van der Waals surface area contributed by atoms with Gasteiger partial charge in [0.15, 0.2) is 0 Å². The number of rotatable bonds is 3. The van der Waals surface area contributed by atoms with Crippen molar-refractivity contribution < 1.29 is 14.3 Å². The lowest BCUT2D eigenvalue weighted by Gasteiger charge is -2.27. The molecule has 2 heterocycles. The van der Waals surface area contributed by atoms with Crippen LogP contribution in [0.3, 0.4) is 0 Å². The predicted octanol–water partition coefficient (Wildman–Crippen LogP) is 4.34. The molecule has 0 unspecified atom stereocenters. The van der Waals surface area contributed by atoms with Crippen molar-refractivity contribution in [1.82, 2.24) is 0 Å². The van der Waals surface area contributed by atoms with Crippen molar-refractivity contribution in [3.8, 4) is 11.5 Å². The number of anilines is 1. The van der Waals surface area contributed by atoms with E-state index in [2.05, 4.69) is 5.32 Å². The maximum absolute atomic E-state index is 13.3. The Morgan fingerprint density at radius 1 is 1.00 bits per heavy atom. The van der Waals surface area contributed by atoms with Gasteiger partial charge in [-0.15, -0.1) is 11.3 Å². The third-order valence-corrected chi connectivity index (χ3v) is 5.93. The minimum atomic E-state index is -0.542. The first kappa shape index (κ1) is 17.3. The van der Waals surface area contributed by atoms with Gasteiger partial charge in [0.2, 0.25) is 5.91 Å². The number of amides is 2. The molecule has 0 saturated carbocycles. The van der Waals surface area contributed by atoms with Crippen molar-refractivity contribution in [3.05, 3.63) is 75.7 Å². The zero-order valence-corrected chi connectivity index (χ0v) is 15.7. The van der Waals surface area contributed by atoms with Crippen LogP contribution in [-0.2, 0) is 4.79 Å². The summed E-state index contributed by atoms with van der Waals surface area (Å²) < 4.78 is 5.94. The Kier molecular flexibility index (Phi) is 4.20. The molecule has 1 aliphatic heterocycles. The molecule has 6 heteroatoms. The van der Waals surface area contributed by atoms with Gasteiger partial charge in [0, 0.05) is 16.0 Å². The molecule has 0 atom stereocenters. The minimum absolute atomic E-state index is 0.220. The van der Waals surface area contributed by atoms with Gasteiger partial charge in [0.25, 0.3) is 5.91 Å². The Bertz CT molecular complexity index is 1030. The summed E-state index contributed by atoms with van der Waals surface area (Å²) in [5, 5.41) is 3.42. The molecule has 3 N–H and O–H groups in total. The third kappa shape index (κ3) is 2.88. The lowest BCUT2D eigenvalue weighted by Crippen LogP contribution is -2.26. The van der Waals surface area contributed by atoms with Gasteiger partial charge in [-0.05, 0) is 31.5 Å². The Morgan fingerprint density at radius 2 is 1.56 bits per heavy atom. The summed E-state index contributed by atoms with van der Waals surface area (Å²) in [6.07, 6.45) is 0. The summed E-state index contributed by atoms with van der Waals surface area (Å²) in [5.41, 5.74) is 8.29. The van der Waals surface area contributed by atoms with Gasteiger partial charge in [-0.25, -0.2) is 0 Å². The predicted molar refractivity (Wildman–Crippen MR) is 106 cm³/mol. The average Bonchev–Trinajstić information content (AvgIpc) is 2.93. The number of benzene rings is 2. The molecule has 1 aromatic heterocycles. The molecule has 0 fully saturated rings. The summed E-state index contributed by atoms with van der Waals surface area (Å²) in [7, 11) is 0. The fourth-order valence-corrected chi connectivity index (χ4v) is 4.46. The van der Waals surface area contributed by atoms with Crippen molar-refractivity contribution in [2.24, 2.45) is 5.73 Å². The monoisotopic (exact) mass is 378 g/mol. The van der Waals surface area contributed by atoms with Gasteiger partial charge >= 0.3 is 0 Å².